The van der Waals surface area contributed by atoms with Crippen molar-refractivity contribution in [2.75, 3.05) is 6.54 Å². The predicted octanol–water partition coefficient (Wildman–Crippen LogP) is 1.08. The largest absolute Gasteiger partial charge is 0.369 e. The predicted molar refractivity (Wildman–Crippen MR) is 52.5 cm³/mol. The molecular weight excluding hydrogens is 178 g/mol. The number of carbonyl (C=O) groups is 1. The molecule has 0 saturated heterocycles. The van der Waals surface area contributed by atoms with Crippen molar-refractivity contribution >= 4 is 5.91 Å². The average molecular weight is 191 g/mol. The van der Waals surface area contributed by atoms with Gasteiger partial charge in [0.15, 0.2) is 6.23 Å². The minimum atomic E-state index is -0.766. The summed E-state index contributed by atoms with van der Waals surface area (Å²) in [6.07, 6.45) is 0.0600. The molecule has 0 aliphatic carbocycles. The van der Waals surface area contributed by atoms with E-state index in [4.69, 9.17) is 0 Å². The van der Waals surface area contributed by atoms with Crippen LogP contribution in [0.5, 0.6) is 0 Å². The minimum absolute atomic E-state index is 0.0768. The van der Waals surface area contributed by atoms with Crippen LogP contribution in [0.15, 0.2) is 24.3 Å². The van der Waals surface area contributed by atoms with E-state index in [1.54, 1.807) is 0 Å². The van der Waals surface area contributed by atoms with Gasteiger partial charge in [-0.3, -0.25) is 4.79 Å². The lowest BCUT2D eigenvalue weighted by molar-refractivity contribution is -0.140. The first kappa shape index (κ1) is 9.21. The van der Waals surface area contributed by atoms with Crippen molar-refractivity contribution < 1.29 is 9.90 Å². The molecule has 1 amide bonds. The molecule has 1 aromatic rings. The molecule has 3 nitrogen and oxygen atoms in total. The van der Waals surface area contributed by atoms with Crippen LogP contribution < -0.4 is 0 Å². The highest BCUT2D eigenvalue weighted by molar-refractivity contribution is 5.74. The highest BCUT2D eigenvalue weighted by Gasteiger charge is 2.26. The van der Waals surface area contributed by atoms with Crippen LogP contribution in [-0.4, -0.2) is 22.5 Å². The van der Waals surface area contributed by atoms with Crippen molar-refractivity contribution in [1.29, 1.82) is 0 Å². The van der Waals surface area contributed by atoms with Crippen molar-refractivity contribution in [3.05, 3.63) is 35.4 Å². The first-order chi connectivity index (χ1) is 6.70. The van der Waals surface area contributed by atoms with Gasteiger partial charge in [-0.1, -0.05) is 24.3 Å². The summed E-state index contributed by atoms with van der Waals surface area (Å²) in [6.45, 7) is 2.09. The van der Waals surface area contributed by atoms with Crippen LogP contribution in [0.4, 0.5) is 0 Å². The van der Waals surface area contributed by atoms with Gasteiger partial charge in [-0.2, -0.15) is 0 Å². The quantitative estimate of drug-likeness (QED) is 0.666. The first-order valence-electron chi connectivity index (χ1n) is 4.73. The molecule has 1 N–H and O–H groups in total. The molecule has 0 saturated carbocycles. The van der Waals surface area contributed by atoms with E-state index < -0.39 is 6.23 Å². The summed E-state index contributed by atoms with van der Waals surface area (Å²) in [5.41, 5.74) is 1.99. The molecule has 0 fully saturated rings. The second-order valence-corrected chi connectivity index (χ2v) is 3.53. The molecule has 2 rings (SSSR count). The Kier molecular flexibility index (Phi) is 2.25. The molecule has 0 aromatic heterocycles. The fraction of sp³-hybridized carbons (Fsp3) is 0.364. The van der Waals surface area contributed by atoms with Crippen molar-refractivity contribution in [2.24, 2.45) is 0 Å². The Morgan fingerprint density at radius 1 is 1.50 bits per heavy atom. The van der Waals surface area contributed by atoms with E-state index in [9.17, 15) is 9.90 Å². The van der Waals surface area contributed by atoms with Crippen LogP contribution in [-0.2, 0) is 11.2 Å². The summed E-state index contributed by atoms with van der Waals surface area (Å²) < 4.78 is 0. The number of hydrogen-bond donors (Lipinski definition) is 1. The third-order valence-electron chi connectivity index (χ3n) is 2.65. The van der Waals surface area contributed by atoms with Crippen molar-refractivity contribution in [1.82, 2.24) is 4.90 Å². The SMILES string of the molecule is CC(=O)N1CCc2ccccc2C1O. The normalized spacial score (nSPS) is 20.4. The van der Waals surface area contributed by atoms with Gasteiger partial charge in [0.05, 0.1) is 0 Å². The second-order valence-electron chi connectivity index (χ2n) is 3.53. The summed E-state index contributed by atoms with van der Waals surface area (Å²) in [4.78, 5) is 12.7. The summed E-state index contributed by atoms with van der Waals surface area (Å²) in [5.74, 6) is -0.0768. The molecule has 0 radical (unpaired) electrons. The monoisotopic (exact) mass is 191 g/mol. The number of carbonyl (C=O) groups excluding carboxylic acids is 1. The van der Waals surface area contributed by atoms with Crippen molar-refractivity contribution in [2.45, 2.75) is 19.6 Å². The summed E-state index contributed by atoms with van der Waals surface area (Å²) >= 11 is 0. The lowest BCUT2D eigenvalue weighted by Gasteiger charge is -2.33. The maximum Gasteiger partial charge on any atom is 0.221 e. The van der Waals surface area contributed by atoms with Gasteiger partial charge in [-0.05, 0) is 12.0 Å². The Bertz CT molecular complexity index is 362. The third-order valence-corrected chi connectivity index (χ3v) is 2.65. The molecule has 1 atom stereocenters. The topological polar surface area (TPSA) is 40.5 Å². The van der Waals surface area contributed by atoms with E-state index in [1.807, 2.05) is 24.3 Å². The number of amides is 1. The standard InChI is InChI=1S/C11H13NO2/c1-8(13)12-7-6-9-4-2-3-5-10(9)11(12)14/h2-5,11,14H,6-7H2,1H3. The molecule has 74 valence electrons. The zero-order chi connectivity index (χ0) is 10.1. The molecule has 0 bridgehead atoms. The van der Waals surface area contributed by atoms with Gasteiger partial charge in [0.1, 0.15) is 0 Å². The number of rotatable bonds is 0. The van der Waals surface area contributed by atoms with Gasteiger partial charge in [0.2, 0.25) is 5.91 Å². The number of benzene rings is 1. The van der Waals surface area contributed by atoms with Crippen molar-refractivity contribution in [3.63, 3.8) is 0 Å². The van der Waals surface area contributed by atoms with Crippen molar-refractivity contribution in [3.8, 4) is 0 Å². The molecule has 14 heavy (non-hydrogen) atoms. The zero-order valence-corrected chi connectivity index (χ0v) is 8.10. The van der Waals surface area contributed by atoms with Crippen LogP contribution in [0.3, 0.4) is 0 Å². The maximum atomic E-state index is 11.2. The Hall–Kier alpha value is -1.35. The Morgan fingerprint density at radius 2 is 2.21 bits per heavy atom. The number of fused-ring (bicyclic) bond motifs is 1. The third kappa shape index (κ3) is 1.40. The van der Waals surface area contributed by atoms with E-state index in [0.29, 0.717) is 6.54 Å². The van der Waals surface area contributed by atoms with E-state index >= 15 is 0 Å². The van der Waals surface area contributed by atoms with E-state index in [0.717, 1.165) is 17.5 Å². The number of aliphatic hydroxyl groups is 1. The number of aliphatic hydroxyl groups excluding tert-OH is 1. The summed E-state index contributed by atoms with van der Waals surface area (Å²) in [5, 5.41) is 9.90. The van der Waals surface area contributed by atoms with E-state index in [2.05, 4.69) is 0 Å². The highest BCUT2D eigenvalue weighted by Crippen LogP contribution is 2.26. The molecule has 1 aromatic carbocycles. The van der Waals surface area contributed by atoms with Crippen LogP contribution in [0, 0.1) is 0 Å². The fourth-order valence-corrected chi connectivity index (χ4v) is 1.87. The van der Waals surface area contributed by atoms with Gasteiger partial charge in [-0.25, -0.2) is 0 Å². The van der Waals surface area contributed by atoms with E-state index in [-0.39, 0.29) is 5.91 Å². The highest BCUT2D eigenvalue weighted by atomic mass is 16.3. The molecule has 1 aliphatic rings. The average Bonchev–Trinajstić information content (AvgIpc) is 2.18. The van der Waals surface area contributed by atoms with E-state index in [1.165, 1.54) is 11.8 Å². The van der Waals surface area contributed by atoms with Gasteiger partial charge in [0, 0.05) is 19.0 Å². The van der Waals surface area contributed by atoms with Crippen LogP contribution >= 0.6 is 0 Å². The summed E-state index contributed by atoms with van der Waals surface area (Å²) in [7, 11) is 0. The molecule has 1 heterocycles. The Labute approximate surface area is 83.0 Å². The first-order valence-corrected chi connectivity index (χ1v) is 4.73. The maximum absolute atomic E-state index is 11.2. The zero-order valence-electron chi connectivity index (χ0n) is 8.10. The molecular formula is C11H13NO2. The lowest BCUT2D eigenvalue weighted by atomic mass is 9.98. The molecule has 3 heteroatoms. The smallest absolute Gasteiger partial charge is 0.221 e. The number of hydrogen-bond acceptors (Lipinski definition) is 2. The minimum Gasteiger partial charge on any atom is -0.369 e. The van der Waals surface area contributed by atoms with Gasteiger partial charge in [0.25, 0.3) is 0 Å². The summed E-state index contributed by atoms with van der Waals surface area (Å²) in [6, 6.07) is 7.70. The molecule has 1 unspecified atom stereocenters. The van der Waals surface area contributed by atoms with Gasteiger partial charge >= 0.3 is 0 Å². The number of nitrogens with zero attached hydrogens (tertiary/aromatic N) is 1. The fourth-order valence-electron chi connectivity index (χ4n) is 1.87. The second kappa shape index (κ2) is 3.42. The molecule has 1 aliphatic heterocycles. The lowest BCUT2D eigenvalue weighted by Crippen LogP contribution is -2.38. The van der Waals surface area contributed by atoms with Gasteiger partial charge < -0.3 is 10.0 Å². The van der Waals surface area contributed by atoms with Crippen LogP contribution in [0.1, 0.15) is 24.3 Å². The Balaban J connectivity index is 2.36. The molecule has 0 spiro atoms. The Morgan fingerprint density at radius 3 is 2.93 bits per heavy atom. The van der Waals surface area contributed by atoms with Crippen LogP contribution in [0.2, 0.25) is 0 Å². The van der Waals surface area contributed by atoms with Gasteiger partial charge in [-0.15, -0.1) is 0 Å². The van der Waals surface area contributed by atoms with Crippen LogP contribution in [0.25, 0.3) is 0 Å².